The Morgan fingerprint density at radius 1 is 1.00 bits per heavy atom. The molecule has 2 heterocycles. The fraction of sp³-hybridized carbons (Fsp3) is 0.292. The number of amides is 3. The van der Waals surface area contributed by atoms with Gasteiger partial charge in [0.25, 0.3) is 11.5 Å². The first kappa shape index (κ1) is 22.2. The highest BCUT2D eigenvalue weighted by Gasteiger charge is 2.34. The number of nitrogens with zero attached hydrogens (tertiary/aromatic N) is 3. The summed E-state index contributed by atoms with van der Waals surface area (Å²) in [6.07, 6.45) is 0.759. The van der Waals surface area contributed by atoms with E-state index >= 15 is 0 Å². The van der Waals surface area contributed by atoms with Gasteiger partial charge in [0.05, 0.1) is 11.3 Å². The third-order valence-corrected chi connectivity index (χ3v) is 5.62. The smallest absolute Gasteiger partial charge is 0.290 e. The zero-order valence-electron chi connectivity index (χ0n) is 18.3. The van der Waals surface area contributed by atoms with Crippen molar-refractivity contribution in [1.82, 2.24) is 25.5 Å². The number of carbonyl (C=O) groups excluding carboxylic acids is 3. The van der Waals surface area contributed by atoms with Crippen LogP contribution in [0.15, 0.2) is 59.4 Å². The van der Waals surface area contributed by atoms with Gasteiger partial charge in [-0.2, -0.15) is 5.10 Å². The quantitative estimate of drug-likeness (QED) is 0.558. The van der Waals surface area contributed by atoms with Crippen molar-refractivity contribution >= 4 is 28.5 Å². The third kappa shape index (κ3) is 4.77. The Morgan fingerprint density at radius 3 is 2.42 bits per heavy atom. The Morgan fingerprint density at radius 2 is 1.70 bits per heavy atom. The van der Waals surface area contributed by atoms with Gasteiger partial charge in [-0.15, -0.1) is 0 Å². The van der Waals surface area contributed by atoms with Crippen LogP contribution in [0.2, 0.25) is 0 Å². The molecule has 1 aliphatic rings. The van der Waals surface area contributed by atoms with Crippen molar-refractivity contribution in [1.29, 1.82) is 0 Å². The summed E-state index contributed by atoms with van der Waals surface area (Å²) in [7, 11) is 0. The van der Waals surface area contributed by atoms with Gasteiger partial charge < -0.3 is 4.90 Å². The second-order valence-corrected chi connectivity index (χ2v) is 8.03. The lowest BCUT2D eigenvalue weighted by Crippen LogP contribution is -2.45. The van der Waals surface area contributed by atoms with E-state index in [9.17, 15) is 19.2 Å². The fourth-order valence-corrected chi connectivity index (χ4v) is 3.95. The first-order valence-corrected chi connectivity index (χ1v) is 10.9. The molecule has 2 N–H and O–H groups in total. The second kappa shape index (κ2) is 9.64. The predicted octanol–water partition coefficient (Wildman–Crippen LogP) is 1.62. The lowest BCUT2D eigenvalue weighted by atomic mass is 10.1. The van der Waals surface area contributed by atoms with Crippen LogP contribution in [-0.2, 0) is 22.7 Å². The highest BCUT2D eigenvalue weighted by Crippen LogP contribution is 2.20. The van der Waals surface area contributed by atoms with Crippen LogP contribution < -0.4 is 16.4 Å². The number of aryl methyl sites for hydroxylation is 1. The van der Waals surface area contributed by atoms with Crippen LogP contribution in [0.1, 0.15) is 35.8 Å². The molecule has 9 heteroatoms. The largest absolute Gasteiger partial charge is 0.338 e. The van der Waals surface area contributed by atoms with E-state index in [0.29, 0.717) is 30.3 Å². The number of likely N-dealkylation sites (tertiary alicyclic amines) is 1. The van der Waals surface area contributed by atoms with E-state index in [4.69, 9.17) is 0 Å². The molecule has 1 aliphatic heterocycles. The van der Waals surface area contributed by atoms with Crippen LogP contribution >= 0.6 is 0 Å². The summed E-state index contributed by atoms with van der Waals surface area (Å²) in [4.78, 5) is 52.0. The number of hydrogen-bond donors (Lipinski definition) is 2. The molecule has 1 fully saturated rings. The standard InChI is InChI=1S/C24H25N5O4/c1-2-12-29-24(33)19-11-7-6-10-18(19)21(27-29)23(32)26-25-22(31)17-13-20(30)28(15-17)14-16-8-4-3-5-9-16/h3-11,17H,2,12-15H2,1H3,(H,25,31)(H,26,32). The van der Waals surface area contributed by atoms with E-state index in [1.54, 1.807) is 29.2 Å². The summed E-state index contributed by atoms with van der Waals surface area (Å²) in [5.74, 6) is -1.75. The van der Waals surface area contributed by atoms with Gasteiger partial charge in [-0.05, 0) is 18.1 Å². The molecule has 2 aromatic carbocycles. The van der Waals surface area contributed by atoms with Crippen molar-refractivity contribution in [3.05, 3.63) is 76.2 Å². The zero-order valence-corrected chi connectivity index (χ0v) is 18.3. The van der Waals surface area contributed by atoms with E-state index in [2.05, 4.69) is 16.0 Å². The Hall–Kier alpha value is -4.01. The van der Waals surface area contributed by atoms with Crippen molar-refractivity contribution in [2.24, 2.45) is 5.92 Å². The number of fused-ring (bicyclic) bond motifs is 1. The third-order valence-electron chi connectivity index (χ3n) is 5.62. The maximum Gasteiger partial charge on any atom is 0.290 e. The van der Waals surface area contributed by atoms with Crippen LogP contribution in [0, 0.1) is 5.92 Å². The molecule has 33 heavy (non-hydrogen) atoms. The average Bonchev–Trinajstić information content (AvgIpc) is 3.20. The maximum absolute atomic E-state index is 12.8. The fourth-order valence-electron chi connectivity index (χ4n) is 3.95. The molecule has 1 unspecified atom stereocenters. The molecule has 0 spiro atoms. The molecular formula is C24H25N5O4. The van der Waals surface area contributed by atoms with Crippen molar-refractivity contribution in [3.63, 3.8) is 0 Å². The van der Waals surface area contributed by atoms with Gasteiger partial charge in [-0.1, -0.05) is 55.5 Å². The minimum atomic E-state index is -0.630. The SMILES string of the molecule is CCCn1nc(C(=O)NNC(=O)C2CC(=O)N(Cc3ccccc3)C2)c2ccccc2c1=O. The highest BCUT2D eigenvalue weighted by molar-refractivity contribution is 6.05. The number of aromatic nitrogens is 2. The van der Waals surface area contributed by atoms with Crippen LogP contribution in [0.3, 0.4) is 0 Å². The molecule has 3 amide bonds. The number of hydrogen-bond acceptors (Lipinski definition) is 5. The molecule has 0 aliphatic carbocycles. The first-order chi connectivity index (χ1) is 16.0. The van der Waals surface area contributed by atoms with Crippen molar-refractivity contribution in [2.45, 2.75) is 32.9 Å². The minimum Gasteiger partial charge on any atom is -0.338 e. The summed E-state index contributed by atoms with van der Waals surface area (Å²) in [6.45, 7) is 2.99. The van der Waals surface area contributed by atoms with E-state index in [1.807, 2.05) is 37.3 Å². The number of carbonyl (C=O) groups is 3. The van der Waals surface area contributed by atoms with Gasteiger partial charge in [0.15, 0.2) is 5.69 Å². The monoisotopic (exact) mass is 447 g/mol. The van der Waals surface area contributed by atoms with Gasteiger partial charge in [0.2, 0.25) is 11.8 Å². The Kier molecular flexibility index (Phi) is 6.48. The number of rotatable bonds is 6. The lowest BCUT2D eigenvalue weighted by Gasteiger charge is -2.17. The van der Waals surface area contributed by atoms with Crippen molar-refractivity contribution < 1.29 is 14.4 Å². The predicted molar refractivity (Wildman–Crippen MR) is 122 cm³/mol. The van der Waals surface area contributed by atoms with Crippen LogP contribution in [0.25, 0.3) is 10.8 Å². The zero-order chi connectivity index (χ0) is 23.4. The Bertz CT molecular complexity index is 1250. The van der Waals surface area contributed by atoms with Gasteiger partial charge in [-0.3, -0.25) is 30.0 Å². The van der Waals surface area contributed by atoms with Crippen LogP contribution in [0.4, 0.5) is 0 Å². The van der Waals surface area contributed by atoms with Gasteiger partial charge >= 0.3 is 0 Å². The molecule has 3 aromatic rings. The van der Waals surface area contributed by atoms with Gasteiger partial charge in [0.1, 0.15) is 0 Å². The van der Waals surface area contributed by atoms with E-state index < -0.39 is 17.7 Å². The molecule has 0 saturated carbocycles. The first-order valence-electron chi connectivity index (χ1n) is 10.9. The lowest BCUT2D eigenvalue weighted by molar-refractivity contribution is -0.129. The average molecular weight is 447 g/mol. The summed E-state index contributed by atoms with van der Waals surface area (Å²) in [6, 6.07) is 16.3. The molecular weight excluding hydrogens is 422 g/mol. The second-order valence-electron chi connectivity index (χ2n) is 8.03. The van der Waals surface area contributed by atoms with E-state index in [-0.39, 0.29) is 30.1 Å². The van der Waals surface area contributed by atoms with E-state index in [1.165, 1.54) is 4.68 Å². The maximum atomic E-state index is 12.8. The molecule has 1 saturated heterocycles. The minimum absolute atomic E-state index is 0.0483. The number of benzene rings is 2. The number of nitrogens with one attached hydrogen (secondary N) is 2. The molecule has 0 radical (unpaired) electrons. The summed E-state index contributed by atoms with van der Waals surface area (Å²) in [5.41, 5.74) is 5.57. The van der Waals surface area contributed by atoms with Gasteiger partial charge in [0, 0.05) is 31.4 Å². The van der Waals surface area contributed by atoms with Crippen molar-refractivity contribution in [3.8, 4) is 0 Å². The summed E-state index contributed by atoms with van der Waals surface area (Å²) < 4.78 is 1.26. The van der Waals surface area contributed by atoms with Crippen molar-refractivity contribution in [2.75, 3.05) is 6.54 Å². The molecule has 170 valence electrons. The normalized spacial score (nSPS) is 15.6. The topological polar surface area (TPSA) is 113 Å². The molecule has 4 rings (SSSR count). The Labute approximate surface area is 190 Å². The molecule has 0 bridgehead atoms. The van der Waals surface area contributed by atoms with Gasteiger partial charge in [-0.25, -0.2) is 4.68 Å². The van der Waals surface area contributed by atoms with E-state index in [0.717, 1.165) is 5.56 Å². The highest BCUT2D eigenvalue weighted by atomic mass is 16.2. The Balaban J connectivity index is 1.43. The summed E-state index contributed by atoms with van der Waals surface area (Å²) >= 11 is 0. The molecule has 1 atom stereocenters. The summed E-state index contributed by atoms with van der Waals surface area (Å²) in [5, 5.41) is 5.01. The molecule has 9 nitrogen and oxygen atoms in total. The van der Waals surface area contributed by atoms with Crippen LogP contribution in [0.5, 0.6) is 0 Å². The molecule has 1 aromatic heterocycles. The number of hydrazine groups is 1. The van der Waals surface area contributed by atoms with Crippen LogP contribution in [-0.4, -0.2) is 38.9 Å².